The molecule has 0 saturated heterocycles. The second-order valence-electron chi connectivity index (χ2n) is 10.9. The van der Waals surface area contributed by atoms with Gasteiger partial charge in [0.25, 0.3) is 0 Å². The van der Waals surface area contributed by atoms with Gasteiger partial charge in [0.15, 0.2) is 0 Å². The molecule has 3 aromatic carbocycles. The van der Waals surface area contributed by atoms with Gasteiger partial charge >= 0.3 is 5.97 Å². The van der Waals surface area contributed by atoms with Crippen molar-refractivity contribution in [1.82, 2.24) is 0 Å². The highest BCUT2D eigenvalue weighted by atomic mass is 19.1. The molecule has 224 valence electrons. The predicted molar refractivity (Wildman–Crippen MR) is 167 cm³/mol. The summed E-state index contributed by atoms with van der Waals surface area (Å²) in [5.74, 6) is 1.20. The Kier molecular flexibility index (Phi) is 13.9. The first-order valence-electron chi connectivity index (χ1n) is 15.0. The van der Waals surface area contributed by atoms with Crippen molar-refractivity contribution in [3.63, 3.8) is 0 Å². The molecule has 0 fully saturated rings. The van der Waals surface area contributed by atoms with Crippen LogP contribution >= 0.6 is 0 Å². The maximum atomic E-state index is 14.9. The van der Waals surface area contributed by atoms with E-state index >= 15 is 0 Å². The quantitative estimate of drug-likeness (QED) is 0.230. The minimum atomic E-state index is -0.229. The minimum absolute atomic E-state index is 0.123. The Labute approximate surface area is 247 Å². The lowest BCUT2D eigenvalue weighted by Crippen LogP contribution is -2.15. The Bertz CT molecular complexity index is 1240. The van der Waals surface area contributed by atoms with E-state index in [9.17, 15) is 9.18 Å². The summed E-state index contributed by atoms with van der Waals surface area (Å²) < 4.78 is 30.6. The van der Waals surface area contributed by atoms with Crippen LogP contribution in [0.1, 0.15) is 89.5 Å². The summed E-state index contributed by atoms with van der Waals surface area (Å²) in [7, 11) is 2.99. The van der Waals surface area contributed by atoms with Gasteiger partial charge in [-0.3, -0.25) is 4.79 Å². The Morgan fingerprint density at radius 1 is 0.878 bits per heavy atom. The molecule has 41 heavy (non-hydrogen) atoms. The van der Waals surface area contributed by atoms with Crippen LogP contribution in [0.15, 0.2) is 54.6 Å². The highest BCUT2D eigenvalue weighted by molar-refractivity contribution is 5.70. The zero-order valence-corrected chi connectivity index (χ0v) is 26.4. The van der Waals surface area contributed by atoms with Gasteiger partial charge in [-0.25, -0.2) is 4.39 Å². The van der Waals surface area contributed by atoms with Gasteiger partial charge in [-0.2, -0.15) is 0 Å². The third kappa shape index (κ3) is 10.2. The van der Waals surface area contributed by atoms with Crippen LogP contribution in [0, 0.1) is 11.2 Å². The Balaban J connectivity index is 0.000000654. The molecule has 0 heterocycles. The van der Waals surface area contributed by atoms with Crippen molar-refractivity contribution in [2.24, 2.45) is 5.41 Å². The zero-order valence-electron chi connectivity index (χ0n) is 26.4. The van der Waals surface area contributed by atoms with Crippen molar-refractivity contribution < 1.29 is 23.4 Å². The van der Waals surface area contributed by atoms with Gasteiger partial charge in [0.2, 0.25) is 0 Å². The van der Waals surface area contributed by atoms with E-state index in [-0.39, 0.29) is 17.2 Å². The molecule has 0 bridgehead atoms. The van der Waals surface area contributed by atoms with E-state index in [1.165, 1.54) is 37.1 Å². The average Bonchev–Trinajstić information content (AvgIpc) is 3.45. The number of rotatable bonds is 10. The van der Waals surface area contributed by atoms with E-state index in [0.29, 0.717) is 24.3 Å². The van der Waals surface area contributed by atoms with E-state index in [0.717, 1.165) is 48.1 Å². The lowest BCUT2D eigenvalue weighted by Gasteiger charge is -2.26. The van der Waals surface area contributed by atoms with E-state index in [1.807, 2.05) is 19.9 Å². The molecule has 3 aromatic rings. The first kappa shape index (κ1) is 33.9. The van der Waals surface area contributed by atoms with Crippen LogP contribution in [-0.2, 0) is 35.4 Å². The maximum Gasteiger partial charge on any atom is 0.305 e. The van der Waals surface area contributed by atoms with Gasteiger partial charge in [-0.1, -0.05) is 72.2 Å². The molecule has 1 aliphatic carbocycles. The molecule has 5 heteroatoms. The summed E-state index contributed by atoms with van der Waals surface area (Å²) in [6.45, 7) is 13.0. The molecule has 0 saturated carbocycles. The summed E-state index contributed by atoms with van der Waals surface area (Å²) >= 11 is 0. The second-order valence-corrected chi connectivity index (χ2v) is 10.9. The molecule has 0 atom stereocenters. The van der Waals surface area contributed by atoms with E-state index in [2.05, 4.69) is 55.8 Å². The molecular formula is C36H49FO4. The molecule has 0 aromatic heterocycles. The fourth-order valence-electron chi connectivity index (χ4n) is 5.21. The van der Waals surface area contributed by atoms with Crippen molar-refractivity contribution in [1.29, 1.82) is 0 Å². The second kappa shape index (κ2) is 16.8. The smallest absolute Gasteiger partial charge is 0.305 e. The van der Waals surface area contributed by atoms with Crippen LogP contribution in [0.2, 0.25) is 0 Å². The van der Waals surface area contributed by atoms with Crippen LogP contribution in [-0.4, -0.2) is 20.2 Å². The summed E-state index contributed by atoms with van der Waals surface area (Å²) in [6, 6.07) is 17.7. The molecule has 1 aliphatic rings. The van der Waals surface area contributed by atoms with Crippen LogP contribution in [0.3, 0.4) is 0 Å². The largest absolute Gasteiger partial charge is 0.497 e. The number of esters is 1. The molecule has 4 nitrogen and oxygen atoms in total. The Hall–Kier alpha value is -3.34. The number of halogens is 1. The summed E-state index contributed by atoms with van der Waals surface area (Å²) in [5, 5.41) is 0. The van der Waals surface area contributed by atoms with Gasteiger partial charge in [0.05, 0.1) is 14.2 Å². The number of hydrogen-bond donors (Lipinski definition) is 0. The van der Waals surface area contributed by atoms with Gasteiger partial charge in [0.1, 0.15) is 23.9 Å². The molecular weight excluding hydrogens is 515 g/mol. The zero-order chi connectivity index (χ0) is 30.4. The van der Waals surface area contributed by atoms with E-state index in [4.69, 9.17) is 9.47 Å². The number of fused-ring (bicyclic) bond motifs is 1. The number of ether oxygens (including phenoxy) is 3. The lowest BCUT2D eigenvalue weighted by atomic mass is 9.79. The first-order chi connectivity index (χ1) is 19.7. The molecule has 4 rings (SSSR count). The summed E-state index contributed by atoms with van der Waals surface area (Å²) in [5.41, 5.74) is 6.75. The van der Waals surface area contributed by atoms with Gasteiger partial charge in [-0.15, -0.1) is 0 Å². The van der Waals surface area contributed by atoms with Crippen molar-refractivity contribution in [3.05, 3.63) is 82.7 Å². The number of aryl methyl sites for hydroxylation is 2. The fourth-order valence-corrected chi connectivity index (χ4v) is 5.21. The van der Waals surface area contributed by atoms with Crippen molar-refractivity contribution in [2.45, 2.75) is 93.1 Å². The highest BCUT2D eigenvalue weighted by Gasteiger charge is 2.21. The number of methoxy groups -OCH3 is 2. The third-order valence-electron chi connectivity index (χ3n) is 7.22. The first-order valence-corrected chi connectivity index (χ1v) is 15.0. The number of carbonyl (C=O) groups is 1. The van der Waals surface area contributed by atoms with Crippen molar-refractivity contribution in [2.75, 3.05) is 14.2 Å². The minimum Gasteiger partial charge on any atom is -0.497 e. The number of hydrogen-bond acceptors (Lipinski definition) is 4. The number of carbonyl (C=O) groups excluding carboxylic acids is 1. The molecule has 0 spiro atoms. The summed E-state index contributed by atoms with van der Waals surface area (Å²) in [4.78, 5) is 9.96. The number of benzene rings is 3. The highest BCUT2D eigenvalue weighted by Crippen LogP contribution is 2.36. The van der Waals surface area contributed by atoms with Crippen LogP contribution in [0.25, 0.3) is 11.1 Å². The van der Waals surface area contributed by atoms with Crippen LogP contribution < -0.4 is 9.47 Å². The molecule has 0 aliphatic heterocycles. The maximum absolute atomic E-state index is 14.9. The predicted octanol–water partition coefficient (Wildman–Crippen LogP) is 9.53. The van der Waals surface area contributed by atoms with E-state index in [1.54, 1.807) is 26.2 Å². The van der Waals surface area contributed by atoms with Crippen LogP contribution in [0.5, 0.6) is 11.5 Å². The van der Waals surface area contributed by atoms with Crippen molar-refractivity contribution >= 4 is 5.97 Å². The SMILES string of the molecule is CC.CCC(=O)OC.CCCC(C)(C)Cc1cc(COc2ccc3c(c2)CCC3)ccc1-c1cc(OC)ccc1F. The van der Waals surface area contributed by atoms with E-state index < -0.39 is 0 Å². The third-order valence-corrected chi connectivity index (χ3v) is 7.22. The monoisotopic (exact) mass is 564 g/mol. The molecule has 0 N–H and O–H groups in total. The topological polar surface area (TPSA) is 44.8 Å². The fraction of sp³-hybridized carbons (Fsp3) is 0.472. The van der Waals surface area contributed by atoms with Gasteiger partial charge in [-0.05, 0) is 95.7 Å². The molecule has 0 unspecified atom stereocenters. The van der Waals surface area contributed by atoms with Crippen LogP contribution in [0.4, 0.5) is 4.39 Å². The van der Waals surface area contributed by atoms with Gasteiger partial charge in [0, 0.05) is 12.0 Å². The Morgan fingerprint density at radius 2 is 1.59 bits per heavy atom. The summed E-state index contributed by atoms with van der Waals surface area (Å²) in [6.07, 6.45) is 7.13. The lowest BCUT2D eigenvalue weighted by molar-refractivity contribution is -0.140. The van der Waals surface area contributed by atoms with Crippen molar-refractivity contribution in [3.8, 4) is 22.6 Å². The normalized spacial score (nSPS) is 11.8. The van der Waals surface area contributed by atoms with Gasteiger partial charge < -0.3 is 14.2 Å². The Morgan fingerprint density at radius 3 is 2.22 bits per heavy atom. The molecule has 0 amide bonds. The standard InChI is InChI=1S/C30H35FO2.C4H8O2.C2H6/c1-5-15-30(2,3)19-24-16-21(20-33-26-11-10-22-7-6-8-23(22)17-26)9-13-27(24)28-18-25(32-4)12-14-29(28)31;1-3-4(5)6-2;1-2/h9-14,16-18H,5-8,15,19-20H2,1-4H3;3H2,1-2H3;1-2H3. The average molecular weight is 565 g/mol. The molecule has 0 radical (unpaired) electrons.